The van der Waals surface area contributed by atoms with E-state index in [9.17, 15) is 9.59 Å². The zero-order valence-electron chi connectivity index (χ0n) is 38.0. The molecule has 2 aliphatic rings. The zero-order valence-corrected chi connectivity index (χ0v) is 43.1. The fourth-order valence-electron chi connectivity index (χ4n) is 9.88. The summed E-state index contributed by atoms with van der Waals surface area (Å²) >= 11 is -6.37. The molecule has 2 N–H and O–H groups in total. The molecule has 2 aliphatic carbocycles. The van der Waals surface area contributed by atoms with Crippen molar-refractivity contribution in [2.75, 3.05) is 0 Å². The average Bonchev–Trinajstić information content (AvgIpc) is 3.85. The summed E-state index contributed by atoms with van der Waals surface area (Å²) in [6.07, 6.45) is 7.20. The van der Waals surface area contributed by atoms with Gasteiger partial charge in [-0.2, -0.15) is 0 Å². The van der Waals surface area contributed by atoms with Crippen LogP contribution in [0.25, 0.3) is 34.4 Å². The van der Waals surface area contributed by atoms with Gasteiger partial charge in [0.25, 0.3) is 0 Å². The first-order valence-corrected chi connectivity index (χ1v) is 37.4. The molecule has 0 heterocycles. The van der Waals surface area contributed by atoms with Crippen molar-refractivity contribution in [3.63, 3.8) is 0 Å². The Morgan fingerprint density at radius 1 is 0.583 bits per heavy atom. The van der Waals surface area contributed by atoms with Crippen LogP contribution >= 0.6 is 17.2 Å². The maximum atomic E-state index is 13.9. The first-order chi connectivity index (χ1) is 28.2. The molecule has 0 aromatic heterocycles. The van der Waals surface area contributed by atoms with Gasteiger partial charge in [0.1, 0.15) is 0 Å². The molecule has 0 spiro atoms. The second-order valence-corrected chi connectivity index (χ2v) is 49.9. The number of hydrogen-bond donors (Lipinski definition) is 2. The van der Waals surface area contributed by atoms with E-state index in [2.05, 4.69) is 177 Å². The van der Waals surface area contributed by atoms with E-state index in [-0.39, 0.29) is 35.5 Å². The summed E-state index contributed by atoms with van der Waals surface area (Å²) in [7, 11) is 18.2. The summed E-state index contributed by atoms with van der Waals surface area (Å²) in [5.74, 6) is 0.316. The molecule has 4 aromatic carbocycles. The number of nitrogens with one attached hydrogen (secondary N) is 2. The van der Waals surface area contributed by atoms with Crippen molar-refractivity contribution in [1.82, 2.24) is 10.5 Å². The zero-order chi connectivity index (χ0) is 44.0. The van der Waals surface area contributed by atoms with E-state index in [1.807, 2.05) is 13.8 Å². The van der Waals surface area contributed by atoms with Gasteiger partial charge in [-0.1, -0.05) is 0 Å². The molecule has 8 heteroatoms. The SMILES string of the molecule is CCC(=O)N[B](NC(=O)CC)[Hf]([Cl])([Cl])([CH]1C(C(C)(C)C)=Cc2c(-c3ccccc3C(C)CC)cccc21)[CH]1C(C(C)(C)C)=Cc2c(-c3ccccc3C(C)CC)cccc21. The van der Waals surface area contributed by atoms with Gasteiger partial charge >= 0.3 is 372 Å². The third-order valence-corrected chi connectivity index (χ3v) is 41.7. The van der Waals surface area contributed by atoms with Crippen LogP contribution in [-0.2, 0) is 25.5 Å². The Hall–Kier alpha value is -3.18. The molecule has 2 amide bonds. The summed E-state index contributed by atoms with van der Waals surface area (Å²) in [5, 5.41) is 6.67. The van der Waals surface area contributed by atoms with Crippen molar-refractivity contribution in [3.05, 3.63) is 129 Å². The number of carbonyl (C=O) groups is 2. The number of allylic oxidation sites excluding steroid dienone is 2. The molecule has 4 unspecified atom stereocenters. The van der Waals surface area contributed by atoms with Gasteiger partial charge in [-0.25, -0.2) is 0 Å². The summed E-state index contributed by atoms with van der Waals surface area (Å²) in [5.41, 5.74) is 13.2. The quantitative estimate of drug-likeness (QED) is 0.131. The molecule has 4 nitrogen and oxygen atoms in total. The van der Waals surface area contributed by atoms with E-state index in [1.54, 1.807) is 0 Å². The standard InChI is InChI=1S/2C23H27.C6H11BN2O2.2ClH.Hf/c2*1-6-16(2)19-11-7-8-12-20(19)21-13-9-10-17-14-18(15-22(17)21)23(3,4)5;1-3-5(10)8-7-9-6(11)4-2;;;/h2*7-16H,6H2,1-5H3;3-4H2,1-2H3,(H-,8,9,10,11);2*1H;/q;;;;;+1/p-1. The molecule has 0 fully saturated rings. The topological polar surface area (TPSA) is 58.2 Å². The Balaban J connectivity index is 1.77. The van der Waals surface area contributed by atoms with Crippen LogP contribution in [0.1, 0.15) is 161 Å². The fourth-order valence-corrected chi connectivity index (χ4v) is 40.2. The minimum atomic E-state index is -6.37. The van der Waals surface area contributed by atoms with Crippen LogP contribution in [0.4, 0.5) is 0 Å². The van der Waals surface area contributed by atoms with Gasteiger partial charge in [-0.3, -0.25) is 0 Å². The summed E-state index contributed by atoms with van der Waals surface area (Å²) in [6.45, 7) is 26.2. The number of amides is 2. The van der Waals surface area contributed by atoms with E-state index < -0.39 is 27.8 Å². The first kappa shape index (κ1) is 46.3. The summed E-state index contributed by atoms with van der Waals surface area (Å²) in [4.78, 5) is 27.8. The first-order valence-electron chi connectivity index (χ1n) is 22.3. The van der Waals surface area contributed by atoms with Gasteiger partial charge < -0.3 is 0 Å². The molecular weight excluding hydrogens is 945 g/mol. The number of halogens is 2. The Bertz CT molecular complexity index is 2190. The van der Waals surface area contributed by atoms with Crippen molar-refractivity contribution in [1.29, 1.82) is 0 Å². The van der Waals surface area contributed by atoms with E-state index in [0.29, 0.717) is 11.8 Å². The summed E-state index contributed by atoms with van der Waals surface area (Å²) < 4.78 is -1.91. The Labute approximate surface area is 369 Å². The normalized spacial score (nSPS) is 18.0. The van der Waals surface area contributed by atoms with Crippen LogP contribution in [0, 0.1) is 10.8 Å². The van der Waals surface area contributed by atoms with Gasteiger partial charge in [-0.05, 0) is 0 Å². The molecule has 60 heavy (non-hydrogen) atoms. The van der Waals surface area contributed by atoms with Gasteiger partial charge in [-0.15, -0.1) is 0 Å². The van der Waals surface area contributed by atoms with Gasteiger partial charge in [0, 0.05) is 0 Å². The van der Waals surface area contributed by atoms with Crippen LogP contribution < -0.4 is 10.5 Å². The van der Waals surface area contributed by atoms with Gasteiger partial charge in [0.2, 0.25) is 0 Å². The van der Waals surface area contributed by atoms with Gasteiger partial charge in [0.15, 0.2) is 0 Å². The molecular formula is C52H66BCl2HfN2O2. The number of fused-ring (bicyclic) bond motifs is 2. The van der Waals surface area contributed by atoms with Gasteiger partial charge in [0.05, 0.1) is 0 Å². The molecule has 0 bridgehead atoms. The van der Waals surface area contributed by atoms with Crippen molar-refractivity contribution in [2.24, 2.45) is 10.8 Å². The van der Waals surface area contributed by atoms with Crippen LogP contribution in [0.5, 0.6) is 0 Å². The van der Waals surface area contributed by atoms with E-state index >= 15 is 0 Å². The predicted molar refractivity (Wildman–Crippen MR) is 256 cm³/mol. The number of rotatable bonds is 13. The van der Waals surface area contributed by atoms with Crippen LogP contribution in [-0.4, -0.2) is 16.4 Å². The Morgan fingerprint density at radius 2 is 0.933 bits per heavy atom. The second kappa shape index (κ2) is 17.5. The van der Waals surface area contributed by atoms with Crippen molar-refractivity contribution >= 4 is 45.7 Å². The minimum absolute atomic E-state index is 0.202. The predicted octanol–water partition coefficient (Wildman–Crippen LogP) is 14.8. The molecule has 4 aromatic rings. The number of hydrogen-bond acceptors (Lipinski definition) is 2. The molecule has 4 atom stereocenters. The number of carbonyl (C=O) groups excluding carboxylic acids is 2. The van der Waals surface area contributed by atoms with E-state index in [4.69, 9.17) is 17.2 Å². The molecule has 317 valence electrons. The van der Waals surface area contributed by atoms with Crippen molar-refractivity contribution < 1.29 is 25.5 Å². The van der Waals surface area contributed by atoms with Crippen LogP contribution in [0.15, 0.2) is 96.1 Å². The Kier molecular flexibility index (Phi) is 13.5. The second-order valence-electron chi connectivity index (χ2n) is 19.5. The maximum absolute atomic E-state index is 13.9. The van der Waals surface area contributed by atoms with Crippen LogP contribution in [0.3, 0.4) is 0 Å². The summed E-state index contributed by atoms with van der Waals surface area (Å²) in [6, 6.07) is 30.7. The number of benzene rings is 4. The monoisotopic (exact) mass is 1010 g/mol. The third kappa shape index (κ3) is 8.24. The molecule has 6 rings (SSSR count). The van der Waals surface area contributed by atoms with E-state index in [0.717, 1.165) is 57.4 Å². The molecule has 0 saturated heterocycles. The Morgan fingerprint density at radius 3 is 1.27 bits per heavy atom. The third-order valence-electron chi connectivity index (χ3n) is 13.6. The fraction of sp³-hybridized carbons (Fsp3) is 0.423. The molecule has 0 radical (unpaired) electrons. The van der Waals surface area contributed by atoms with Crippen molar-refractivity contribution in [3.8, 4) is 22.3 Å². The average molecular weight is 1010 g/mol. The van der Waals surface area contributed by atoms with Crippen molar-refractivity contribution in [2.45, 2.75) is 128 Å². The molecule has 0 aliphatic heterocycles. The molecule has 0 saturated carbocycles. The van der Waals surface area contributed by atoms with E-state index in [1.165, 1.54) is 22.3 Å². The van der Waals surface area contributed by atoms with Crippen LogP contribution in [0.2, 0.25) is 0 Å².